The van der Waals surface area contributed by atoms with Crippen molar-refractivity contribution in [2.45, 2.75) is 71.9 Å². The van der Waals surface area contributed by atoms with Gasteiger partial charge in [-0.2, -0.15) is 0 Å². The molecule has 0 bridgehead atoms. The highest BCUT2D eigenvalue weighted by atomic mass is 16.5. The summed E-state index contributed by atoms with van der Waals surface area (Å²) in [5.41, 5.74) is 6.58. The number of carbonyl (C=O) groups is 4. The van der Waals surface area contributed by atoms with Gasteiger partial charge >= 0.3 is 0 Å². The number of imide groups is 2. The second-order valence-electron chi connectivity index (χ2n) is 18.0. The number of amides is 4. The van der Waals surface area contributed by atoms with Gasteiger partial charge in [-0.25, -0.2) is 0 Å². The highest BCUT2D eigenvalue weighted by Crippen LogP contribution is 2.41. The predicted molar refractivity (Wildman–Crippen MR) is 247 cm³/mol. The molecule has 0 fully saturated rings. The Balaban J connectivity index is 0.932. The van der Waals surface area contributed by atoms with Gasteiger partial charge in [-0.1, -0.05) is 98.8 Å². The van der Waals surface area contributed by atoms with E-state index in [-0.39, 0.29) is 23.6 Å². The van der Waals surface area contributed by atoms with Crippen LogP contribution in [-0.2, 0) is 16.5 Å². The first-order valence-corrected chi connectivity index (χ1v) is 20.9. The maximum absolute atomic E-state index is 13.8. The first kappa shape index (κ1) is 42.4. The smallest absolute Gasteiger partial charge is 0.262 e. The zero-order valence-corrected chi connectivity index (χ0v) is 37.0. The summed E-state index contributed by atoms with van der Waals surface area (Å²) in [5.74, 6) is 0.647. The summed E-state index contributed by atoms with van der Waals surface area (Å²) in [4.78, 5) is 57.6. The fourth-order valence-corrected chi connectivity index (χ4v) is 8.49. The summed E-state index contributed by atoms with van der Waals surface area (Å²) in [6.45, 7) is 23.7. The molecule has 0 aromatic heterocycles. The van der Waals surface area contributed by atoms with Gasteiger partial charge in [0.2, 0.25) is 0 Å². The molecule has 8 heteroatoms. The zero-order valence-electron chi connectivity index (χ0n) is 37.0. The molecule has 2 heterocycles. The molecule has 2 aliphatic rings. The van der Waals surface area contributed by atoms with Crippen LogP contribution in [0.4, 0.5) is 0 Å². The van der Waals surface area contributed by atoms with Crippen LogP contribution in [-0.4, -0.2) is 33.4 Å². The molecule has 316 valence electrons. The second-order valence-corrected chi connectivity index (χ2v) is 18.0. The van der Waals surface area contributed by atoms with Crippen LogP contribution in [0.3, 0.4) is 0 Å². The number of nitrogens with zero attached hydrogens (tertiary/aromatic N) is 2. The van der Waals surface area contributed by atoms with Crippen LogP contribution >= 0.6 is 0 Å². The summed E-state index contributed by atoms with van der Waals surface area (Å²) in [7, 11) is 0. The molecular weight excluding hydrogens is 785 g/mol. The summed E-state index contributed by atoms with van der Waals surface area (Å²) in [6, 6.07) is 41.2. The van der Waals surface area contributed by atoms with Crippen LogP contribution in [0.15, 0.2) is 147 Å². The molecule has 0 atom stereocenters. The molecule has 0 spiro atoms. The van der Waals surface area contributed by atoms with Crippen LogP contribution in [0, 0.1) is 0 Å². The molecule has 4 amide bonds. The Kier molecular flexibility index (Phi) is 10.5. The summed E-state index contributed by atoms with van der Waals surface area (Å²) in [6.07, 6.45) is 0. The van der Waals surface area contributed by atoms with Crippen molar-refractivity contribution in [3.05, 3.63) is 202 Å². The second kappa shape index (κ2) is 15.5. The lowest BCUT2D eigenvalue weighted by Gasteiger charge is -2.34. The minimum absolute atomic E-state index is 0.305. The third-order valence-electron chi connectivity index (χ3n) is 12.6. The lowest BCUT2D eigenvalue weighted by molar-refractivity contribution is 0.0458. The fraction of sp³-hybridized carbons (Fsp3) is 0.200. The standard InChI is InChI=1S/C55H50N2O6/c1-33(2)35-13-11-15-39(29-35)54(7,8)56-49(58)45-27-25-43(31-47(45)51(56)60)62-41-21-17-37(18-22-41)53(5,6)38-19-23-42(24-20-38)63-44-26-28-46-48(32-44)52(61)57(50(46)59)55(9,10)40-16-12-14-36(30-40)34(3)4/h11-32H,1,3H2,2,4-10H3. The van der Waals surface area contributed by atoms with Crippen molar-refractivity contribution in [1.29, 1.82) is 0 Å². The van der Waals surface area contributed by atoms with Gasteiger partial charge in [-0.05, 0) is 148 Å². The van der Waals surface area contributed by atoms with Crippen molar-refractivity contribution in [2.75, 3.05) is 0 Å². The van der Waals surface area contributed by atoms with Crippen molar-refractivity contribution < 1.29 is 28.7 Å². The van der Waals surface area contributed by atoms with E-state index in [1.807, 2.05) is 139 Å². The van der Waals surface area contributed by atoms with Crippen LogP contribution < -0.4 is 9.47 Å². The van der Waals surface area contributed by atoms with E-state index in [1.54, 1.807) is 36.4 Å². The SMILES string of the molecule is C=C(C)c1cccc(C(C)(C)N2C(=O)c3ccc(Oc4ccc(C(C)(C)c5ccc(Oc6ccc7c(c6)C(=O)N(C(C)(C)c6cccc(C(=C)C)c6)C7=O)cc5)cc4)cc3C2=O)c1. The van der Waals surface area contributed by atoms with Crippen molar-refractivity contribution in [3.63, 3.8) is 0 Å². The molecule has 0 aliphatic carbocycles. The third kappa shape index (κ3) is 7.45. The number of fused-ring (bicyclic) bond motifs is 2. The third-order valence-corrected chi connectivity index (χ3v) is 12.6. The van der Waals surface area contributed by atoms with Crippen molar-refractivity contribution >= 4 is 34.8 Å². The van der Waals surface area contributed by atoms with E-state index in [1.165, 1.54) is 9.80 Å². The Morgan fingerprint density at radius 3 is 1.10 bits per heavy atom. The molecule has 2 aliphatic heterocycles. The molecule has 8 nitrogen and oxygen atoms in total. The normalized spacial score (nSPS) is 13.9. The fourth-order valence-electron chi connectivity index (χ4n) is 8.49. The van der Waals surface area contributed by atoms with Gasteiger partial charge in [-0.3, -0.25) is 29.0 Å². The monoisotopic (exact) mass is 834 g/mol. The average molecular weight is 835 g/mol. The summed E-state index contributed by atoms with van der Waals surface area (Å²) < 4.78 is 12.4. The lowest BCUT2D eigenvalue weighted by Crippen LogP contribution is -2.45. The van der Waals surface area contributed by atoms with E-state index in [0.717, 1.165) is 44.5 Å². The van der Waals surface area contributed by atoms with Crippen LogP contribution in [0.2, 0.25) is 0 Å². The van der Waals surface area contributed by atoms with Gasteiger partial charge < -0.3 is 9.47 Å². The van der Waals surface area contributed by atoms with E-state index in [4.69, 9.17) is 9.47 Å². The van der Waals surface area contributed by atoms with Gasteiger partial charge in [0, 0.05) is 5.41 Å². The summed E-state index contributed by atoms with van der Waals surface area (Å²) >= 11 is 0. The Labute approximate surface area is 369 Å². The predicted octanol–water partition coefficient (Wildman–Crippen LogP) is 12.7. The molecule has 63 heavy (non-hydrogen) atoms. The van der Waals surface area contributed by atoms with E-state index < -0.39 is 16.5 Å². The van der Waals surface area contributed by atoms with E-state index >= 15 is 0 Å². The Hall–Kier alpha value is -7.32. The molecule has 6 aromatic rings. The van der Waals surface area contributed by atoms with Gasteiger partial charge in [0.05, 0.1) is 33.3 Å². The number of ether oxygens (including phenoxy) is 2. The van der Waals surface area contributed by atoms with Crippen LogP contribution in [0.25, 0.3) is 11.1 Å². The number of benzene rings is 6. The van der Waals surface area contributed by atoms with Gasteiger partial charge in [0.15, 0.2) is 0 Å². The maximum atomic E-state index is 13.8. The highest BCUT2D eigenvalue weighted by molar-refractivity contribution is 6.23. The molecule has 0 radical (unpaired) electrons. The first-order chi connectivity index (χ1) is 29.8. The lowest BCUT2D eigenvalue weighted by atomic mass is 9.78. The van der Waals surface area contributed by atoms with Gasteiger partial charge in [0.25, 0.3) is 23.6 Å². The molecular formula is C55H50N2O6. The molecule has 0 saturated carbocycles. The number of rotatable bonds is 12. The first-order valence-electron chi connectivity index (χ1n) is 20.9. The number of hydrogen-bond acceptors (Lipinski definition) is 6. The number of carbonyl (C=O) groups excluding carboxylic acids is 4. The van der Waals surface area contributed by atoms with Crippen molar-refractivity contribution in [3.8, 4) is 23.0 Å². The van der Waals surface area contributed by atoms with E-state index in [0.29, 0.717) is 45.3 Å². The minimum atomic E-state index is -0.900. The van der Waals surface area contributed by atoms with Crippen LogP contribution in [0.5, 0.6) is 23.0 Å². The van der Waals surface area contributed by atoms with Crippen molar-refractivity contribution in [2.24, 2.45) is 0 Å². The van der Waals surface area contributed by atoms with Crippen molar-refractivity contribution in [1.82, 2.24) is 9.80 Å². The van der Waals surface area contributed by atoms with E-state index in [2.05, 4.69) is 27.0 Å². The molecule has 6 aromatic carbocycles. The quantitative estimate of drug-likeness (QED) is 0.114. The minimum Gasteiger partial charge on any atom is -0.457 e. The van der Waals surface area contributed by atoms with Crippen LogP contribution in [0.1, 0.15) is 130 Å². The largest absolute Gasteiger partial charge is 0.457 e. The molecule has 8 rings (SSSR count). The Bertz CT molecular complexity index is 2700. The summed E-state index contributed by atoms with van der Waals surface area (Å²) in [5, 5.41) is 0. The number of allylic oxidation sites excluding steroid dienone is 2. The van der Waals surface area contributed by atoms with Gasteiger partial charge in [-0.15, -0.1) is 0 Å². The Morgan fingerprint density at radius 2 is 0.746 bits per heavy atom. The topological polar surface area (TPSA) is 93.2 Å². The average Bonchev–Trinajstić information content (AvgIpc) is 3.67. The zero-order chi connectivity index (χ0) is 45.2. The van der Waals surface area contributed by atoms with Gasteiger partial charge in [0.1, 0.15) is 23.0 Å². The molecule has 0 N–H and O–H groups in total. The Morgan fingerprint density at radius 1 is 0.413 bits per heavy atom. The maximum Gasteiger partial charge on any atom is 0.262 e. The molecule has 0 saturated heterocycles. The number of hydrogen-bond donors (Lipinski definition) is 0. The highest BCUT2D eigenvalue weighted by Gasteiger charge is 2.46. The van der Waals surface area contributed by atoms with E-state index in [9.17, 15) is 19.2 Å². The molecule has 0 unspecified atom stereocenters.